The minimum absolute atomic E-state index is 0.114. The molecule has 0 aliphatic rings. The minimum atomic E-state index is -0.460. The Kier molecular flexibility index (Phi) is 8.94. The van der Waals surface area contributed by atoms with E-state index in [2.05, 4.69) is 27.4 Å². The average molecular weight is 504 g/mol. The van der Waals surface area contributed by atoms with Crippen LogP contribution in [0.25, 0.3) is 0 Å². The first-order valence-corrected chi connectivity index (χ1v) is 11.9. The second-order valence-electron chi connectivity index (χ2n) is 7.11. The molecular weight excluding hydrogens is 481 g/mol. The lowest BCUT2D eigenvalue weighted by Gasteiger charge is -2.16. The van der Waals surface area contributed by atoms with Crippen LogP contribution in [0.2, 0.25) is 10.0 Å². The van der Waals surface area contributed by atoms with Gasteiger partial charge in [-0.15, -0.1) is 16.8 Å². The maximum absolute atomic E-state index is 12.7. The Morgan fingerprint density at radius 3 is 2.64 bits per heavy atom. The van der Waals surface area contributed by atoms with Crippen molar-refractivity contribution in [1.29, 1.82) is 0 Å². The highest BCUT2D eigenvalue weighted by Gasteiger charge is 2.21. The van der Waals surface area contributed by atoms with Gasteiger partial charge in [-0.3, -0.25) is 9.59 Å². The Morgan fingerprint density at radius 1 is 1.18 bits per heavy atom. The number of rotatable bonds is 10. The van der Waals surface area contributed by atoms with Crippen molar-refractivity contribution in [2.75, 3.05) is 5.75 Å². The molecule has 0 aliphatic carbocycles. The van der Waals surface area contributed by atoms with Crippen LogP contribution < -0.4 is 10.6 Å². The summed E-state index contributed by atoms with van der Waals surface area (Å²) in [6.45, 7) is 6.47. The molecule has 0 saturated heterocycles. The van der Waals surface area contributed by atoms with Crippen LogP contribution >= 0.6 is 35.0 Å². The molecule has 10 heteroatoms. The van der Waals surface area contributed by atoms with Crippen LogP contribution in [0.4, 0.5) is 0 Å². The number of nitrogens with one attached hydrogen (secondary N) is 2. The van der Waals surface area contributed by atoms with E-state index in [1.54, 1.807) is 25.1 Å². The fourth-order valence-corrected chi connectivity index (χ4v) is 4.30. The van der Waals surface area contributed by atoms with Gasteiger partial charge in [0, 0.05) is 18.1 Å². The van der Waals surface area contributed by atoms with Crippen molar-refractivity contribution in [2.24, 2.45) is 0 Å². The lowest BCUT2D eigenvalue weighted by atomic mass is 10.2. The van der Waals surface area contributed by atoms with Gasteiger partial charge in [-0.1, -0.05) is 71.4 Å². The van der Waals surface area contributed by atoms with Crippen molar-refractivity contribution >= 4 is 46.8 Å². The molecule has 0 aliphatic heterocycles. The zero-order chi connectivity index (χ0) is 23.8. The van der Waals surface area contributed by atoms with Gasteiger partial charge in [0.25, 0.3) is 5.91 Å². The molecule has 1 heterocycles. The topological polar surface area (TPSA) is 88.9 Å². The number of allylic oxidation sites excluding steroid dienone is 1. The maximum atomic E-state index is 12.7. The second kappa shape index (κ2) is 11.9. The van der Waals surface area contributed by atoms with Crippen LogP contribution in [0.5, 0.6) is 0 Å². The minimum Gasteiger partial charge on any atom is -0.351 e. The molecule has 0 saturated carbocycles. The van der Waals surface area contributed by atoms with Crippen molar-refractivity contribution in [2.45, 2.75) is 31.2 Å². The summed E-state index contributed by atoms with van der Waals surface area (Å²) in [5, 5.41) is 15.5. The molecule has 0 unspecified atom stereocenters. The van der Waals surface area contributed by atoms with Gasteiger partial charge in [-0.25, -0.2) is 0 Å². The third kappa shape index (κ3) is 6.83. The van der Waals surface area contributed by atoms with Gasteiger partial charge in [0.2, 0.25) is 5.91 Å². The number of carbonyl (C=O) groups excluding carboxylic acids is 2. The van der Waals surface area contributed by atoms with E-state index in [9.17, 15) is 9.59 Å². The van der Waals surface area contributed by atoms with Crippen molar-refractivity contribution < 1.29 is 9.59 Å². The molecular formula is C23H23Cl2N5O2S. The first-order valence-electron chi connectivity index (χ1n) is 10.1. The van der Waals surface area contributed by atoms with Crippen LogP contribution in [0.3, 0.4) is 0 Å². The fraction of sp³-hybridized carbons (Fsp3) is 0.217. The van der Waals surface area contributed by atoms with Crippen molar-refractivity contribution in [3.05, 3.63) is 88.2 Å². The number of aromatic nitrogens is 3. The summed E-state index contributed by atoms with van der Waals surface area (Å²) in [7, 11) is 0. The van der Waals surface area contributed by atoms with Gasteiger partial charge >= 0.3 is 0 Å². The second-order valence-corrected chi connectivity index (χ2v) is 8.90. The third-order valence-corrected chi connectivity index (χ3v) is 6.15. The SMILES string of the molecule is C=CCn1c(SCC(=O)NCc2ccccc2)nnc1[C@H](C)NC(=O)c1ccc(Cl)cc1Cl. The summed E-state index contributed by atoms with van der Waals surface area (Å²) in [5.41, 5.74) is 1.34. The first kappa shape index (κ1) is 24.8. The molecule has 2 aromatic carbocycles. The molecule has 2 amide bonds. The molecule has 3 aromatic rings. The zero-order valence-corrected chi connectivity index (χ0v) is 20.3. The van der Waals surface area contributed by atoms with E-state index in [1.165, 1.54) is 17.8 Å². The van der Waals surface area contributed by atoms with E-state index < -0.39 is 6.04 Å². The molecule has 0 fully saturated rings. The van der Waals surface area contributed by atoms with Crippen LogP contribution in [-0.4, -0.2) is 32.3 Å². The smallest absolute Gasteiger partial charge is 0.253 e. The summed E-state index contributed by atoms with van der Waals surface area (Å²) in [6.07, 6.45) is 1.71. The van der Waals surface area contributed by atoms with Gasteiger partial charge in [-0.2, -0.15) is 0 Å². The van der Waals surface area contributed by atoms with Gasteiger partial charge in [0.15, 0.2) is 11.0 Å². The number of hydrogen-bond donors (Lipinski definition) is 2. The highest BCUT2D eigenvalue weighted by molar-refractivity contribution is 7.99. The summed E-state index contributed by atoms with van der Waals surface area (Å²) in [4.78, 5) is 24.9. The lowest BCUT2D eigenvalue weighted by Crippen LogP contribution is -2.29. The molecule has 33 heavy (non-hydrogen) atoms. The van der Waals surface area contributed by atoms with Crippen molar-refractivity contribution in [3.8, 4) is 0 Å². The molecule has 0 radical (unpaired) electrons. The largest absolute Gasteiger partial charge is 0.351 e. The standard InChI is InChI=1S/C23H23Cl2N5O2S/c1-3-11-30-21(15(2)27-22(32)18-10-9-17(24)12-19(18)25)28-29-23(30)33-14-20(31)26-13-16-7-5-4-6-8-16/h3-10,12,15H,1,11,13-14H2,2H3,(H,26,31)(H,27,32)/t15-/m0/s1. The first-order chi connectivity index (χ1) is 15.9. The predicted octanol–water partition coefficient (Wildman–Crippen LogP) is 4.67. The Balaban J connectivity index is 1.63. The monoisotopic (exact) mass is 503 g/mol. The Hall–Kier alpha value is -2.81. The highest BCUT2D eigenvalue weighted by atomic mass is 35.5. The molecule has 0 bridgehead atoms. The number of carbonyl (C=O) groups is 2. The van der Waals surface area contributed by atoms with E-state index in [0.717, 1.165) is 5.56 Å². The summed E-state index contributed by atoms with van der Waals surface area (Å²) >= 11 is 13.3. The van der Waals surface area contributed by atoms with E-state index in [0.29, 0.717) is 34.7 Å². The number of nitrogens with zero attached hydrogens (tertiary/aromatic N) is 3. The highest BCUT2D eigenvalue weighted by Crippen LogP contribution is 2.23. The zero-order valence-electron chi connectivity index (χ0n) is 17.9. The Labute approximate surface area is 206 Å². The van der Waals surface area contributed by atoms with E-state index >= 15 is 0 Å². The van der Waals surface area contributed by atoms with Gasteiger partial charge in [0.1, 0.15) is 0 Å². The van der Waals surface area contributed by atoms with E-state index in [4.69, 9.17) is 23.2 Å². The fourth-order valence-electron chi connectivity index (χ4n) is 3.02. The van der Waals surface area contributed by atoms with Gasteiger partial charge in [0.05, 0.1) is 22.4 Å². The van der Waals surface area contributed by atoms with E-state index in [-0.39, 0.29) is 22.6 Å². The van der Waals surface area contributed by atoms with Crippen LogP contribution in [0.15, 0.2) is 66.3 Å². The van der Waals surface area contributed by atoms with Gasteiger partial charge in [-0.05, 0) is 30.7 Å². The number of amides is 2. The number of hydrogen-bond acceptors (Lipinski definition) is 5. The molecule has 1 aromatic heterocycles. The Morgan fingerprint density at radius 2 is 1.94 bits per heavy atom. The van der Waals surface area contributed by atoms with Crippen LogP contribution in [-0.2, 0) is 17.9 Å². The molecule has 3 rings (SSSR count). The summed E-state index contributed by atoms with van der Waals surface area (Å²) in [5.74, 6) is 0.257. The third-order valence-electron chi connectivity index (χ3n) is 4.63. The van der Waals surface area contributed by atoms with Crippen molar-refractivity contribution in [1.82, 2.24) is 25.4 Å². The number of benzene rings is 2. The normalized spacial score (nSPS) is 11.6. The maximum Gasteiger partial charge on any atom is 0.253 e. The van der Waals surface area contributed by atoms with Crippen LogP contribution in [0.1, 0.15) is 34.7 Å². The van der Waals surface area contributed by atoms with Gasteiger partial charge < -0.3 is 15.2 Å². The van der Waals surface area contributed by atoms with Crippen molar-refractivity contribution in [3.63, 3.8) is 0 Å². The Bertz CT molecular complexity index is 1140. The predicted molar refractivity (Wildman–Crippen MR) is 132 cm³/mol. The molecule has 2 N–H and O–H groups in total. The summed E-state index contributed by atoms with van der Waals surface area (Å²) < 4.78 is 1.82. The molecule has 0 spiro atoms. The molecule has 172 valence electrons. The van der Waals surface area contributed by atoms with E-state index in [1.807, 2.05) is 34.9 Å². The quantitative estimate of drug-likeness (QED) is 0.310. The van der Waals surface area contributed by atoms with Crippen LogP contribution in [0, 0.1) is 0 Å². The molecule has 1 atom stereocenters. The molecule has 7 nitrogen and oxygen atoms in total. The number of thioether (sulfide) groups is 1. The summed E-state index contributed by atoms with van der Waals surface area (Å²) in [6, 6.07) is 13.9. The lowest BCUT2D eigenvalue weighted by molar-refractivity contribution is -0.118. The number of halogens is 2. The average Bonchev–Trinajstić information content (AvgIpc) is 3.19.